The second kappa shape index (κ2) is 7.29. The summed E-state index contributed by atoms with van der Waals surface area (Å²) < 4.78 is 5.27. The Morgan fingerprint density at radius 1 is 1.40 bits per heavy atom. The van der Waals surface area contributed by atoms with Crippen molar-refractivity contribution in [1.82, 2.24) is 10.6 Å². The van der Waals surface area contributed by atoms with Crippen LogP contribution in [0.5, 0.6) is 0 Å². The molecule has 0 aromatic carbocycles. The number of ether oxygens (including phenoxy) is 1. The van der Waals surface area contributed by atoms with Gasteiger partial charge in [-0.3, -0.25) is 0 Å². The highest BCUT2D eigenvalue weighted by atomic mass is 16.5. The Kier molecular flexibility index (Phi) is 5.85. The number of hydrogen-bond donors (Lipinski definition) is 2. The fourth-order valence-corrected chi connectivity index (χ4v) is 1.65. The molecule has 0 spiro atoms. The van der Waals surface area contributed by atoms with Gasteiger partial charge in [-0.15, -0.1) is 6.58 Å². The van der Waals surface area contributed by atoms with E-state index in [1.165, 1.54) is 0 Å². The van der Waals surface area contributed by atoms with Crippen molar-refractivity contribution >= 4 is 6.03 Å². The lowest BCUT2D eigenvalue weighted by molar-refractivity contribution is 0.0642. The van der Waals surface area contributed by atoms with Gasteiger partial charge < -0.3 is 15.4 Å². The van der Waals surface area contributed by atoms with Gasteiger partial charge in [0.25, 0.3) is 0 Å². The summed E-state index contributed by atoms with van der Waals surface area (Å²) in [7, 11) is 0. The predicted molar refractivity (Wildman–Crippen MR) is 59.8 cm³/mol. The van der Waals surface area contributed by atoms with Gasteiger partial charge in [-0.2, -0.15) is 0 Å². The van der Waals surface area contributed by atoms with Crippen LogP contribution in [-0.2, 0) is 4.74 Å². The molecular formula is C11H20N2O2. The zero-order valence-electron chi connectivity index (χ0n) is 9.13. The summed E-state index contributed by atoms with van der Waals surface area (Å²) in [6.07, 6.45) is 4.95. The largest absolute Gasteiger partial charge is 0.381 e. The van der Waals surface area contributed by atoms with Crippen molar-refractivity contribution in [3.63, 3.8) is 0 Å². The third-order valence-corrected chi connectivity index (χ3v) is 2.59. The molecule has 1 saturated heterocycles. The van der Waals surface area contributed by atoms with Crippen molar-refractivity contribution in [1.29, 1.82) is 0 Å². The normalized spacial score (nSPS) is 17.1. The smallest absolute Gasteiger partial charge is 0.315 e. The number of rotatable bonds is 5. The van der Waals surface area contributed by atoms with E-state index in [0.29, 0.717) is 12.5 Å². The van der Waals surface area contributed by atoms with Gasteiger partial charge >= 0.3 is 6.03 Å². The van der Waals surface area contributed by atoms with Crippen LogP contribution >= 0.6 is 0 Å². The van der Waals surface area contributed by atoms with Crippen LogP contribution in [0.15, 0.2) is 12.7 Å². The number of carbonyl (C=O) groups excluding carboxylic acids is 1. The highest BCUT2D eigenvalue weighted by molar-refractivity contribution is 5.73. The highest BCUT2D eigenvalue weighted by Crippen LogP contribution is 2.17. The summed E-state index contributed by atoms with van der Waals surface area (Å²) in [5.74, 6) is 0.707. The number of hydrogen-bond acceptors (Lipinski definition) is 2. The number of amides is 2. The minimum atomic E-state index is -0.109. The molecule has 1 fully saturated rings. The molecular weight excluding hydrogens is 192 g/mol. The van der Waals surface area contributed by atoms with Gasteiger partial charge in [0, 0.05) is 26.3 Å². The molecule has 86 valence electrons. The van der Waals surface area contributed by atoms with E-state index in [0.717, 1.165) is 39.0 Å². The van der Waals surface area contributed by atoms with Gasteiger partial charge in [0.1, 0.15) is 0 Å². The van der Waals surface area contributed by atoms with Gasteiger partial charge in [0.2, 0.25) is 0 Å². The topological polar surface area (TPSA) is 50.4 Å². The molecule has 0 unspecified atom stereocenters. The first kappa shape index (κ1) is 12.0. The molecule has 0 radical (unpaired) electrons. The second-order valence-corrected chi connectivity index (χ2v) is 3.77. The van der Waals surface area contributed by atoms with Crippen molar-refractivity contribution in [2.24, 2.45) is 5.92 Å². The average Bonchev–Trinajstić information content (AvgIpc) is 2.28. The van der Waals surface area contributed by atoms with E-state index >= 15 is 0 Å². The molecule has 1 aliphatic rings. The quantitative estimate of drug-likeness (QED) is 0.675. The Bertz CT molecular complexity index is 201. The third-order valence-electron chi connectivity index (χ3n) is 2.59. The zero-order valence-corrected chi connectivity index (χ0v) is 9.13. The first-order valence-corrected chi connectivity index (χ1v) is 5.53. The van der Waals surface area contributed by atoms with Gasteiger partial charge in [-0.25, -0.2) is 4.79 Å². The van der Waals surface area contributed by atoms with Crippen LogP contribution in [0.4, 0.5) is 4.79 Å². The molecule has 0 saturated carbocycles. The van der Waals surface area contributed by atoms with E-state index in [1.54, 1.807) is 6.08 Å². The molecule has 1 heterocycles. The van der Waals surface area contributed by atoms with Crippen molar-refractivity contribution < 1.29 is 9.53 Å². The van der Waals surface area contributed by atoms with Crippen LogP contribution in [0.2, 0.25) is 0 Å². The summed E-state index contributed by atoms with van der Waals surface area (Å²) in [5.41, 5.74) is 0. The molecule has 0 aromatic heterocycles. The molecule has 0 bridgehead atoms. The Morgan fingerprint density at radius 3 is 2.80 bits per heavy atom. The fraction of sp³-hybridized carbons (Fsp3) is 0.727. The van der Waals surface area contributed by atoms with Crippen LogP contribution < -0.4 is 10.6 Å². The van der Waals surface area contributed by atoms with E-state index in [-0.39, 0.29) is 6.03 Å². The molecule has 2 amide bonds. The predicted octanol–water partition coefficient (Wildman–Crippen LogP) is 1.29. The number of urea groups is 1. The molecule has 0 aliphatic carbocycles. The van der Waals surface area contributed by atoms with E-state index < -0.39 is 0 Å². The Morgan fingerprint density at radius 2 is 2.13 bits per heavy atom. The average molecular weight is 212 g/mol. The molecule has 0 aromatic rings. The van der Waals surface area contributed by atoms with E-state index in [2.05, 4.69) is 17.2 Å². The van der Waals surface area contributed by atoms with Crippen LogP contribution in [0, 0.1) is 5.92 Å². The number of nitrogens with one attached hydrogen (secondary N) is 2. The molecule has 2 N–H and O–H groups in total. The Hall–Kier alpha value is -1.03. The van der Waals surface area contributed by atoms with Crippen LogP contribution in [0.3, 0.4) is 0 Å². The van der Waals surface area contributed by atoms with Crippen molar-refractivity contribution in [2.45, 2.75) is 19.3 Å². The third kappa shape index (κ3) is 5.42. The van der Waals surface area contributed by atoms with Gasteiger partial charge in [-0.1, -0.05) is 6.08 Å². The zero-order chi connectivity index (χ0) is 10.9. The maximum absolute atomic E-state index is 11.1. The maximum Gasteiger partial charge on any atom is 0.315 e. The lowest BCUT2D eigenvalue weighted by Gasteiger charge is -2.21. The summed E-state index contributed by atoms with van der Waals surface area (Å²) >= 11 is 0. The molecule has 0 atom stereocenters. The number of carbonyl (C=O) groups is 1. The van der Waals surface area contributed by atoms with Crippen LogP contribution in [-0.4, -0.2) is 32.3 Å². The summed E-state index contributed by atoms with van der Waals surface area (Å²) in [6.45, 7) is 6.53. The van der Waals surface area contributed by atoms with Gasteiger partial charge in [-0.05, 0) is 25.2 Å². The lowest BCUT2D eigenvalue weighted by atomic mass is 9.97. The second-order valence-electron chi connectivity index (χ2n) is 3.77. The minimum absolute atomic E-state index is 0.109. The Balaban J connectivity index is 1.99. The highest BCUT2D eigenvalue weighted by Gasteiger charge is 2.13. The van der Waals surface area contributed by atoms with Crippen molar-refractivity contribution in [2.75, 3.05) is 26.3 Å². The minimum Gasteiger partial charge on any atom is -0.381 e. The first-order chi connectivity index (χ1) is 7.33. The molecule has 4 heteroatoms. The standard InChI is InChI=1S/C11H20N2O2/c1-2-6-12-11(14)13-7-3-10-4-8-15-9-5-10/h2,10H,1,3-9H2,(H2,12,13,14). The summed E-state index contributed by atoms with van der Waals surface area (Å²) in [5, 5.41) is 5.50. The van der Waals surface area contributed by atoms with E-state index in [9.17, 15) is 4.79 Å². The molecule has 15 heavy (non-hydrogen) atoms. The first-order valence-electron chi connectivity index (χ1n) is 5.53. The SMILES string of the molecule is C=CCNC(=O)NCCC1CCOCC1. The molecule has 1 rings (SSSR count). The maximum atomic E-state index is 11.1. The summed E-state index contributed by atoms with van der Waals surface area (Å²) in [6, 6.07) is -0.109. The fourth-order valence-electron chi connectivity index (χ4n) is 1.65. The monoisotopic (exact) mass is 212 g/mol. The van der Waals surface area contributed by atoms with E-state index in [1.807, 2.05) is 0 Å². The lowest BCUT2D eigenvalue weighted by Crippen LogP contribution is -2.36. The van der Waals surface area contributed by atoms with Gasteiger partial charge in [0.05, 0.1) is 0 Å². The van der Waals surface area contributed by atoms with E-state index in [4.69, 9.17) is 4.74 Å². The summed E-state index contributed by atoms with van der Waals surface area (Å²) in [4.78, 5) is 11.1. The molecule has 4 nitrogen and oxygen atoms in total. The van der Waals surface area contributed by atoms with Crippen LogP contribution in [0.25, 0.3) is 0 Å². The molecule has 1 aliphatic heterocycles. The van der Waals surface area contributed by atoms with Gasteiger partial charge in [0.15, 0.2) is 0 Å². The van der Waals surface area contributed by atoms with Crippen molar-refractivity contribution in [3.8, 4) is 0 Å². The van der Waals surface area contributed by atoms with Crippen molar-refractivity contribution in [3.05, 3.63) is 12.7 Å². The van der Waals surface area contributed by atoms with Crippen LogP contribution in [0.1, 0.15) is 19.3 Å². The Labute approximate surface area is 91.1 Å².